The van der Waals surface area contributed by atoms with E-state index in [1.54, 1.807) is 6.07 Å². The van der Waals surface area contributed by atoms with Gasteiger partial charge in [0.1, 0.15) is 5.82 Å². The summed E-state index contributed by atoms with van der Waals surface area (Å²) in [6.07, 6.45) is 1.71. The van der Waals surface area contributed by atoms with Crippen molar-refractivity contribution in [1.82, 2.24) is 5.32 Å². The van der Waals surface area contributed by atoms with Gasteiger partial charge in [0.2, 0.25) is 0 Å². The van der Waals surface area contributed by atoms with Crippen LogP contribution in [0, 0.1) is 5.82 Å². The maximum absolute atomic E-state index is 13.9. The zero-order valence-electron chi connectivity index (χ0n) is 12.4. The van der Waals surface area contributed by atoms with Crippen LogP contribution in [0.25, 0.3) is 0 Å². The summed E-state index contributed by atoms with van der Waals surface area (Å²) in [5.41, 5.74) is 1.92. The third-order valence-corrected chi connectivity index (χ3v) is 3.84. The predicted molar refractivity (Wildman–Crippen MR) is 87.2 cm³/mol. The van der Waals surface area contributed by atoms with Gasteiger partial charge < -0.3 is 5.32 Å². The van der Waals surface area contributed by atoms with Crippen LogP contribution in [-0.2, 0) is 6.42 Å². The molecule has 1 nitrogen and oxygen atoms in total. The van der Waals surface area contributed by atoms with Gasteiger partial charge in [-0.2, -0.15) is 0 Å². The van der Waals surface area contributed by atoms with E-state index in [1.807, 2.05) is 30.3 Å². The van der Waals surface area contributed by atoms with E-state index in [0.29, 0.717) is 0 Å². The second-order valence-corrected chi connectivity index (χ2v) is 5.82. The number of nitrogens with one attached hydrogen (secondary N) is 1. The van der Waals surface area contributed by atoms with Crippen LogP contribution >= 0.6 is 11.6 Å². The number of hydrogen-bond donors (Lipinski definition) is 1. The first kappa shape index (κ1) is 16.0. The summed E-state index contributed by atoms with van der Waals surface area (Å²) < 4.78 is 13.9. The van der Waals surface area contributed by atoms with Crippen molar-refractivity contribution in [3.05, 3.63) is 70.5 Å². The SMILES string of the molecule is CCC(NC(C)Cc1cccc(Cl)c1)c1ccccc1F. The first-order chi connectivity index (χ1) is 10.1. The van der Waals surface area contributed by atoms with Crippen molar-refractivity contribution < 1.29 is 4.39 Å². The summed E-state index contributed by atoms with van der Waals surface area (Å²) in [7, 11) is 0. The average molecular weight is 306 g/mol. The standard InChI is InChI=1S/C18H21ClFN/c1-3-18(16-9-4-5-10-17(16)20)21-13(2)11-14-7-6-8-15(19)12-14/h4-10,12-13,18,21H,3,11H2,1-2H3. The molecule has 0 aliphatic carbocycles. The Hall–Kier alpha value is -1.38. The Morgan fingerprint density at radius 3 is 2.57 bits per heavy atom. The molecule has 0 saturated carbocycles. The quantitative estimate of drug-likeness (QED) is 0.778. The fourth-order valence-corrected chi connectivity index (χ4v) is 2.82. The molecule has 2 atom stereocenters. The molecular formula is C18H21ClFN. The molecule has 112 valence electrons. The van der Waals surface area contributed by atoms with Crippen molar-refractivity contribution in [3.63, 3.8) is 0 Å². The molecular weight excluding hydrogens is 285 g/mol. The maximum atomic E-state index is 13.9. The third kappa shape index (κ3) is 4.55. The van der Waals surface area contributed by atoms with Gasteiger partial charge in [0.15, 0.2) is 0 Å². The first-order valence-corrected chi connectivity index (χ1v) is 7.73. The Bertz CT molecular complexity index is 585. The highest BCUT2D eigenvalue weighted by atomic mass is 35.5. The summed E-state index contributed by atoms with van der Waals surface area (Å²) in [5, 5.41) is 4.26. The molecule has 0 heterocycles. The molecule has 1 N–H and O–H groups in total. The molecule has 0 fully saturated rings. The van der Waals surface area contributed by atoms with Crippen molar-refractivity contribution >= 4 is 11.6 Å². The molecule has 21 heavy (non-hydrogen) atoms. The molecule has 2 unspecified atom stereocenters. The van der Waals surface area contributed by atoms with E-state index in [0.717, 1.165) is 23.4 Å². The van der Waals surface area contributed by atoms with Gasteiger partial charge in [0.25, 0.3) is 0 Å². The number of benzene rings is 2. The van der Waals surface area contributed by atoms with E-state index >= 15 is 0 Å². The number of rotatable bonds is 6. The molecule has 2 aromatic rings. The Balaban J connectivity index is 2.03. The van der Waals surface area contributed by atoms with E-state index < -0.39 is 0 Å². The van der Waals surface area contributed by atoms with E-state index in [4.69, 9.17) is 11.6 Å². The average Bonchev–Trinajstić information content (AvgIpc) is 2.45. The Labute approximate surface area is 131 Å². The molecule has 0 amide bonds. The minimum atomic E-state index is -0.146. The number of halogens is 2. The van der Waals surface area contributed by atoms with Crippen LogP contribution in [0.3, 0.4) is 0 Å². The van der Waals surface area contributed by atoms with Gasteiger partial charge in [-0.1, -0.05) is 48.9 Å². The summed E-state index contributed by atoms with van der Waals surface area (Å²) in [4.78, 5) is 0. The van der Waals surface area contributed by atoms with Gasteiger partial charge in [0.05, 0.1) is 0 Å². The molecule has 0 bridgehead atoms. The summed E-state index contributed by atoms with van der Waals surface area (Å²) >= 11 is 6.01. The topological polar surface area (TPSA) is 12.0 Å². The number of hydrogen-bond acceptors (Lipinski definition) is 1. The Morgan fingerprint density at radius 2 is 1.90 bits per heavy atom. The molecule has 0 aliphatic rings. The molecule has 0 saturated heterocycles. The van der Waals surface area contributed by atoms with Gasteiger partial charge in [-0.25, -0.2) is 4.39 Å². The smallest absolute Gasteiger partial charge is 0.127 e. The second kappa shape index (κ2) is 7.58. The van der Waals surface area contributed by atoms with E-state index in [1.165, 1.54) is 11.6 Å². The van der Waals surface area contributed by atoms with Gasteiger partial charge in [-0.15, -0.1) is 0 Å². The van der Waals surface area contributed by atoms with Crippen LogP contribution in [0.4, 0.5) is 4.39 Å². The monoisotopic (exact) mass is 305 g/mol. The lowest BCUT2D eigenvalue weighted by Crippen LogP contribution is -2.32. The van der Waals surface area contributed by atoms with Gasteiger partial charge in [0, 0.05) is 22.7 Å². The summed E-state index contributed by atoms with van der Waals surface area (Å²) in [5.74, 6) is -0.146. The highest BCUT2D eigenvalue weighted by molar-refractivity contribution is 6.30. The highest BCUT2D eigenvalue weighted by Gasteiger charge is 2.16. The lowest BCUT2D eigenvalue weighted by molar-refractivity contribution is 0.429. The van der Waals surface area contributed by atoms with Crippen molar-refractivity contribution in [2.45, 2.75) is 38.8 Å². The zero-order valence-corrected chi connectivity index (χ0v) is 13.2. The van der Waals surface area contributed by atoms with Crippen LogP contribution in [0.1, 0.15) is 37.4 Å². The lowest BCUT2D eigenvalue weighted by atomic mass is 10.0. The van der Waals surface area contributed by atoms with Crippen LogP contribution in [0.15, 0.2) is 48.5 Å². The Kier molecular flexibility index (Phi) is 5.77. The molecule has 2 rings (SSSR count). The third-order valence-electron chi connectivity index (χ3n) is 3.61. The fraction of sp³-hybridized carbons (Fsp3) is 0.333. The van der Waals surface area contributed by atoms with Crippen molar-refractivity contribution in [3.8, 4) is 0 Å². The van der Waals surface area contributed by atoms with Crippen molar-refractivity contribution in [2.75, 3.05) is 0 Å². The maximum Gasteiger partial charge on any atom is 0.127 e. The molecule has 0 aromatic heterocycles. The zero-order chi connectivity index (χ0) is 15.2. The molecule has 0 spiro atoms. The van der Waals surface area contributed by atoms with Crippen LogP contribution in [-0.4, -0.2) is 6.04 Å². The predicted octanol–water partition coefficient (Wildman–Crippen LogP) is 5.15. The van der Waals surface area contributed by atoms with Crippen LogP contribution < -0.4 is 5.32 Å². The minimum absolute atomic E-state index is 0.0281. The van der Waals surface area contributed by atoms with E-state index in [-0.39, 0.29) is 17.9 Å². The van der Waals surface area contributed by atoms with Crippen molar-refractivity contribution in [1.29, 1.82) is 0 Å². The van der Waals surface area contributed by atoms with Crippen LogP contribution in [0.5, 0.6) is 0 Å². The van der Waals surface area contributed by atoms with Gasteiger partial charge in [-0.05, 0) is 43.5 Å². The molecule has 2 aromatic carbocycles. The van der Waals surface area contributed by atoms with Gasteiger partial charge in [-0.3, -0.25) is 0 Å². The van der Waals surface area contributed by atoms with Crippen molar-refractivity contribution in [2.24, 2.45) is 0 Å². The normalized spacial score (nSPS) is 13.9. The fourth-order valence-electron chi connectivity index (χ4n) is 2.61. The molecule has 0 aliphatic heterocycles. The van der Waals surface area contributed by atoms with E-state index in [2.05, 4.69) is 25.2 Å². The highest BCUT2D eigenvalue weighted by Crippen LogP contribution is 2.21. The first-order valence-electron chi connectivity index (χ1n) is 7.35. The minimum Gasteiger partial charge on any atom is -0.307 e. The Morgan fingerprint density at radius 1 is 1.14 bits per heavy atom. The summed E-state index contributed by atoms with van der Waals surface area (Å²) in [6.45, 7) is 4.18. The summed E-state index contributed by atoms with van der Waals surface area (Å²) in [6, 6.07) is 15.1. The van der Waals surface area contributed by atoms with E-state index in [9.17, 15) is 4.39 Å². The largest absolute Gasteiger partial charge is 0.307 e. The van der Waals surface area contributed by atoms with Gasteiger partial charge >= 0.3 is 0 Å². The lowest BCUT2D eigenvalue weighted by Gasteiger charge is -2.23. The molecule has 0 radical (unpaired) electrons. The molecule has 3 heteroatoms. The van der Waals surface area contributed by atoms with Crippen LogP contribution in [0.2, 0.25) is 5.02 Å². The second-order valence-electron chi connectivity index (χ2n) is 5.38.